The Bertz CT molecular complexity index is 407. The maximum Gasteiger partial charge on any atom is 0.260 e. The molecule has 4 N–H and O–H groups in total. The van der Waals surface area contributed by atoms with E-state index in [1.807, 2.05) is 0 Å². The van der Waals surface area contributed by atoms with Gasteiger partial charge in [0, 0.05) is 39.8 Å². The van der Waals surface area contributed by atoms with Crippen LogP contribution in [0.4, 0.5) is 5.82 Å². The molecule has 0 saturated carbocycles. The van der Waals surface area contributed by atoms with Gasteiger partial charge in [0.15, 0.2) is 0 Å². The third-order valence-electron chi connectivity index (χ3n) is 1.64. The van der Waals surface area contributed by atoms with E-state index in [9.17, 15) is 4.79 Å². The molecule has 7 heteroatoms. The van der Waals surface area contributed by atoms with Gasteiger partial charge in [0.05, 0.1) is 11.5 Å². The van der Waals surface area contributed by atoms with Crippen molar-refractivity contribution in [3.8, 4) is 0 Å². The Hall–Kier alpha value is -1.01. The Morgan fingerprint density at radius 2 is 2.19 bits per heavy atom. The van der Waals surface area contributed by atoms with Gasteiger partial charge in [-0.1, -0.05) is 6.58 Å². The van der Waals surface area contributed by atoms with Gasteiger partial charge in [-0.25, -0.2) is 0 Å². The van der Waals surface area contributed by atoms with Crippen molar-refractivity contribution < 1.29 is 37.5 Å². The molecule has 1 amide bonds. The Kier molecular flexibility index (Phi) is 6.14. The number of aromatic nitrogens is 2. The first-order valence-corrected chi connectivity index (χ1v) is 4.24. The van der Waals surface area contributed by atoms with Gasteiger partial charge in [0.25, 0.3) is 5.91 Å². The summed E-state index contributed by atoms with van der Waals surface area (Å²) in [6, 6.07) is 0. The first-order valence-electron chi connectivity index (χ1n) is 4.24. The molecule has 0 aliphatic heterocycles. The zero-order valence-corrected chi connectivity index (χ0v) is 12.0. The maximum atomic E-state index is 11.6. The van der Waals surface area contributed by atoms with Crippen LogP contribution in [0.1, 0.15) is 16.2 Å². The summed E-state index contributed by atoms with van der Waals surface area (Å²) in [6.45, 7) is 5.23. The molecule has 83 valence electrons. The zero-order chi connectivity index (χ0) is 11.4. The monoisotopic (exact) mass is 295 g/mol. The van der Waals surface area contributed by atoms with Crippen molar-refractivity contribution in [1.29, 1.82) is 0 Å². The summed E-state index contributed by atoms with van der Waals surface area (Å²) in [6.07, 6.45) is 2.56. The van der Waals surface area contributed by atoms with Gasteiger partial charge in [-0.05, 0) is 18.4 Å². The summed E-state index contributed by atoms with van der Waals surface area (Å²) >= 11 is 0. The van der Waals surface area contributed by atoms with E-state index in [1.165, 1.54) is 0 Å². The molecule has 0 aromatic carbocycles. The molecule has 16 heavy (non-hydrogen) atoms. The largest absolute Gasteiger partial charge is 0.458 e. The molecule has 0 atom stereocenters. The fraction of sp³-hybridized carbons (Fsp3) is 0.222. The van der Waals surface area contributed by atoms with Gasteiger partial charge in [-0.3, -0.25) is 9.78 Å². The summed E-state index contributed by atoms with van der Waals surface area (Å²) in [5.74, 6) is -0.0369. The van der Waals surface area contributed by atoms with Gasteiger partial charge >= 0.3 is 0 Å². The van der Waals surface area contributed by atoms with Crippen LogP contribution in [0.2, 0.25) is 0 Å². The average Bonchev–Trinajstić information content (AvgIpc) is 2.21. The van der Waals surface area contributed by atoms with Crippen LogP contribution in [-0.4, -0.2) is 22.9 Å². The molecule has 0 saturated heterocycles. The van der Waals surface area contributed by atoms with Crippen molar-refractivity contribution in [2.24, 2.45) is 0 Å². The summed E-state index contributed by atoms with van der Waals surface area (Å²) in [5.41, 5.74) is 6.07. The number of nitrogens with one attached hydrogen (secondary N) is 2. The predicted molar refractivity (Wildman–Crippen MR) is 55.7 cm³/mol. The van der Waals surface area contributed by atoms with Crippen LogP contribution in [0.5, 0.6) is 0 Å². The van der Waals surface area contributed by atoms with Crippen LogP contribution in [-0.2, 0) is 32.7 Å². The average molecular weight is 295 g/mol. The molecule has 0 bridgehead atoms. The number of carbonyl (C=O) groups excluding carboxylic acids is 1. The van der Waals surface area contributed by atoms with E-state index in [4.69, 9.17) is 5.73 Å². The number of hydrogen-bond acceptors (Lipinski definition) is 5. The van der Waals surface area contributed by atoms with E-state index >= 15 is 0 Å². The fourth-order valence-electron chi connectivity index (χ4n) is 0.870. The summed E-state index contributed by atoms with van der Waals surface area (Å²) in [5, 5.41) is 5.15. The van der Waals surface area contributed by atoms with Crippen molar-refractivity contribution in [1.82, 2.24) is 20.6 Å². The van der Waals surface area contributed by atoms with E-state index < -0.39 is 5.91 Å². The van der Waals surface area contributed by atoms with Gasteiger partial charge in [-0.15, -0.1) is 6.20 Å². The van der Waals surface area contributed by atoms with E-state index in [0.717, 1.165) is 0 Å². The van der Waals surface area contributed by atoms with Gasteiger partial charge < -0.3 is 21.4 Å². The molecule has 0 spiro atoms. The number of carbonyl (C=O) groups is 1. The minimum atomic E-state index is -0.448. The third-order valence-corrected chi connectivity index (χ3v) is 1.64. The van der Waals surface area contributed by atoms with Gasteiger partial charge in [0.2, 0.25) is 0 Å². The summed E-state index contributed by atoms with van der Waals surface area (Å²) < 4.78 is 0. The SMILES string of the molecule is C=C(NC)NC(=O)c1nc(C)[c-]nc1N.[Y]. The molecule has 6 nitrogen and oxygen atoms in total. The Morgan fingerprint density at radius 1 is 1.56 bits per heavy atom. The molecular weight excluding hydrogens is 283 g/mol. The smallest absolute Gasteiger partial charge is 0.260 e. The minimum Gasteiger partial charge on any atom is -0.458 e. The topological polar surface area (TPSA) is 92.9 Å². The molecule has 0 fully saturated rings. The van der Waals surface area contributed by atoms with Crippen LogP contribution < -0.4 is 16.4 Å². The zero-order valence-electron chi connectivity index (χ0n) is 9.16. The molecule has 1 aromatic heterocycles. The Labute approximate surface area is 119 Å². The number of nitrogens with zero attached hydrogens (tertiary/aromatic N) is 2. The van der Waals surface area contributed by atoms with E-state index in [-0.39, 0.29) is 44.2 Å². The fourth-order valence-corrected chi connectivity index (χ4v) is 0.870. The Balaban J connectivity index is 0.00000225. The summed E-state index contributed by atoms with van der Waals surface area (Å²) in [4.78, 5) is 19.2. The van der Waals surface area contributed by atoms with E-state index in [2.05, 4.69) is 33.4 Å². The number of aryl methyl sites for hydroxylation is 1. The molecule has 0 aliphatic carbocycles. The minimum absolute atomic E-state index is 0. The molecule has 1 radical (unpaired) electrons. The van der Waals surface area contributed by atoms with Crippen molar-refractivity contribution in [3.63, 3.8) is 0 Å². The number of amides is 1. The maximum absolute atomic E-state index is 11.6. The van der Waals surface area contributed by atoms with Crippen LogP contribution in [0, 0.1) is 13.1 Å². The number of rotatable bonds is 3. The quantitative estimate of drug-likeness (QED) is 0.659. The Morgan fingerprint density at radius 3 is 2.75 bits per heavy atom. The summed E-state index contributed by atoms with van der Waals surface area (Å²) in [7, 11) is 1.64. The molecule has 1 aromatic rings. The standard InChI is InChI=1S/C9H12N5O.Y/c1-5-4-12-8(10)7(13-5)9(15)14-6(2)11-3;/h11H,2H2,1,3H3,(H2,10,12)(H,14,15);/q-1;. The number of nitrogen functional groups attached to an aromatic ring is 1. The van der Waals surface area contributed by atoms with Crippen molar-refractivity contribution >= 4 is 11.7 Å². The molecule has 1 rings (SSSR count). The van der Waals surface area contributed by atoms with Crippen molar-refractivity contribution in [2.45, 2.75) is 6.92 Å². The second-order valence-corrected chi connectivity index (χ2v) is 2.84. The third kappa shape index (κ3) is 3.86. The molecule has 0 aliphatic rings. The van der Waals surface area contributed by atoms with Crippen LogP contribution in [0.15, 0.2) is 12.4 Å². The van der Waals surface area contributed by atoms with Gasteiger partial charge in [-0.2, -0.15) is 0 Å². The van der Waals surface area contributed by atoms with Gasteiger partial charge in [0.1, 0.15) is 0 Å². The number of nitrogens with two attached hydrogens (primary N) is 1. The molecule has 0 unspecified atom stereocenters. The second kappa shape index (κ2) is 6.55. The first-order chi connectivity index (χ1) is 7.04. The van der Waals surface area contributed by atoms with Crippen LogP contribution >= 0.6 is 0 Å². The van der Waals surface area contributed by atoms with Crippen LogP contribution in [0.3, 0.4) is 0 Å². The van der Waals surface area contributed by atoms with E-state index in [1.54, 1.807) is 14.0 Å². The van der Waals surface area contributed by atoms with E-state index in [0.29, 0.717) is 11.5 Å². The predicted octanol–water partition coefficient (Wildman–Crippen LogP) is -0.415. The molecular formula is C9H12N5OY-. The second-order valence-electron chi connectivity index (χ2n) is 2.84. The molecule has 1 heterocycles. The van der Waals surface area contributed by atoms with Crippen molar-refractivity contribution in [2.75, 3.05) is 12.8 Å². The van der Waals surface area contributed by atoms with Crippen LogP contribution in [0.25, 0.3) is 0 Å². The first kappa shape index (κ1) is 15.0. The number of hydrogen-bond donors (Lipinski definition) is 3. The van der Waals surface area contributed by atoms with Crippen molar-refractivity contribution in [3.05, 3.63) is 30.0 Å². The number of anilines is 1. The normalized spacial score (nSPS) is 8.88.